The monoisotopic (exact) mass is 343 g/mol. The van der Waals surface area contributed by atoms with Crippen LogP contribution in [0.1, 0.15) is 49.8 Å². The summed E-state index contributed by atoms with van der Waals surface area (Å²) in [5.74, 6) is 0. The first kappa shape index (κ1) is 14.6. The molecule has 0 bridgehead atoms. The third kappa shape index (κ3) is 3.21. The van der Waals surface area contributed by atoms with Gasteiger partial charge in [-0.05, 0) is 54.3 Å². The number of nitrogens with zero attached hydrogens (tertiary/aromatic N) is 4. The van der Waals surface area contributed by atoms with E-state index in [-0.39, 0.29) is 6.04 Å². The van der Waals surface area contributed by atoms with Crippen LogP contribution >= 0.6 is 27.5 Å². The maximum absolute atomic E-state index is 4.45. The van der Waals surface area contributed by atoms with Crippen molar-refractivity contribution in [1.29, 1.82) is 0 Å². The summed E-state index contributed by atoms with van der Waals surface area (Å²) >= 11 is 5.03. The van der Waals surface area contributed by atoms with Gasteiger partial charge in [0.25, 0.3) is 0 Å². The first-order chi connectivity index (χ1) is 9.15. The number of hydrogen-bond donors (Lipinski definition) is 1. The van der Waals surface area contributed by atoms with Gasteiger partial charge in [-0.2, -0.15) is 5.10 Å². The van der Waals surface area contributed by atoms with Crippen LogP contribution < -0.4 is 5.32 Å². The molecular formula is C12H18BrN5S. The fourth-order valence-corrected chi connectivity index (χ4v) is 3.04. The number of rotatable bonds is 6. The first-order valence-corrected chi connectivity index (χ1v) is 7.95. The molecule has 0 aliphatic heterocycles. The zero-order chi connectivity index (χ0) is 13.8. The Kier molecular flexibility index (Phi) is 5.06. The molecule has 2 rings (SSSR count). The smallest absolute Gasteiger partial charge is 0.0886 e. The molecule has 7 heteroatoms. The summed E-state index contributed by atoms with van der Waals surface area (Å²) in [7, 11) is 0. The first-order valence-electron chi connectivity index (χ1n) is 6.38. The van der Waals surface area contributed by atoms with E-state index in [1.807, 2.05) is 17.1 Å². The average molecular weight is 344 g/mol. The average Bonchev–Trinajstić information content (AvgIpc) is 3.01. The fraction of sp³-hybridized carbons (Fsp3) is 0.583. The van der Waals surface area contributed by atoms with Crippen LogP contribution in [0.4, 0.5) is 0 Å². The van der Waals surface area contributed by atoms with E-state index in [1.165, 1.54) is 11.5 Å². The summed E-state index contributed by atoms with van der Waals surface area (Å²) in [6, 6.07) is 0.396. The van der Waals surface area contributed by atoms with Crippen LogP contribution in [0.15, 0.2) is 16.9 Å². The van der Waals surface area contributed by atoms with Crippen molar-refractivity contribution < 1.29 is 0 Å². The van der Waals surface area contributed by atoms with Gasteiger partial charge in [-0.25, -0.2) is 0 Å². The van der Waals surface area contributed by atoms with E-state index in [9.17, 15) is 0 Å². The normalized spacial score (nSPS) is 13.1. The summed E-state index contributed by atoms with van der Waals surface area (Å²) in [6.07, 6.45) is 4.75. The van der Waals surface area contributed by atoms with Gasteiger partial charge in [0.2, 0.25) is 0 Å². The van der Waals surface area contributed by atoms with Crippen molar-refractivity contribution in [3.63, 3.8) is 0 Å². The third-order valence-electron chi connectivity index (χ3n) is 2.81. The van der Waals surface area contributed by atoms with E-state index in [2.05, 4.69) is 56.7 Å². The second-order valence-corrected chi connectivity index (χ2v) is 6.29. The summed E-state index contributed by atoms with van der Waals surface area (Å²) in [5.41, 5.74) is 1.13. The van der Waals surface area contributed by atoms with Crippen LogP contribution in [0.25, 0.3) is 0 Å². The minimum absolute atomic E-state index is 0.0826. The van der Waals surface area contributed by atoms with Crippen molar-refractivity contribution in [2.45, 2.75) is 39.3 Å². The maximum Gasteiger partial charge on any atom is 0.0886 e. The standard InChI is InChI=1S/C12H18BrN5S/c1-4-5-14-11(10-7-15-17-19-10)12-9(13)6-16-18(12)8(2)3/h6-8,11,14H,4-5H2,1-3H3. The molecule has 19 heavy (non-hydrogen) atoms. The van der Waals surface area contributed by atoms with E-state index >= 15 is 0 Å². The Labute approximate surface area is 125 Å². The van der Waals surface area contributed by atoms with E-state index in [4.69, 9.17) is 0 Å². The Bertz CT molecular complexity index is 508. The lowest BCUT2D eigenvalue weighted by atomic mass is 10.1. The molecule has 0 aromatic carbocycles. The van der Waals surface area contributed by atoms with Crippen molar-refractivity contribution in [2.24, 2.45) is 0 Å². The molecule has 2 heterocycles. The lowest BCUT2D eigenvalue weighted by Crippen LogP contribution is -2.26. The van der Waals surface area contributed by atoms with Crippen molar-refractivity contribution in [1.82, 2.24) is 24.7 Å². The number of nitrogens with one attached hydrogen (secondary N) is 1. The van der Waals surface area contributed by atoms with Crippen LogP contribution in [0, 0.1) is 0 Å². The third-order valence-corrected chi connectivity index (χ3v) is 4.15. The minimum Gasteiger partial charge on any atom is -0.304 e. The van der Waals surface area contributed by atoms with Gasteiger partial charge in [-0.15, -0.1) is 5.10 Å². The van der Waals surface area contributed by atoms with E-state index in [0.29, 0.717) is 6.04 Å². The van der Waals surface area contributed by atoms with Crippen LogP contribution in [0.3, 0.4) is 0 Å². The molecule has 0 amide bonds. The molecule has 1 unspecified atom stereocenters. The molecule has 0 aliphatic rings. The quantitative estimate of drug-likeness (QED) is 0.875. The predicted molar refractivity (Wildman–Crippen MR) is 80.4 cm³/mol. The van der Waals surface area contributed by atoms with Gasteiger partial charge in [0.1, 0.15) is 0 Å². The van der Waals surface area contributed by atoms with Gasteiger partial charge in [0, 0.05) is 6.04 Å². The molecular weight excluding hydrogens is 326 g/mol. The van der Waals surface area contributed by atoms with Crippen molar-refractivity contribution in [2.75, 3.05) is 6.54 Å². The van der Waals surface area contributed by atoms with E-state index in [1.54, 1.807) is 0 Å². The van der Waals surface area contributed by atoms with Crippen LogP contribution in [0.2, 0.25) is 0 Å². The van der Waals surface area contributed by atoms with Gasteiger partial charge < -0.3 is 5.32 Å². The highest BCUT2D eigenvalue weighted by atomic mass is 79.9. The zero-order valence-corrected chi connectivity index (χ0v) is 13.7. The molecule has 2 aromatic rings. The molecule has 5 nitrogen and oxygen atoms in total. The largest absolute Gasteiger partial charge is 0.304 e. The highest BCUT2D eigenvalue weighted by Gasteiger charge is 2.24. The van der Waals surface area contributed by atoms with Gasteiger partial charge in [-0.3, -0.25) is 4.68 Å². The topological polar surface area (TPSA) is 55.6 Å². The molecule has 2 aromatic heterocycles. The Balaban J connectivity index is 2.40. The van der Waals surface area contributed by atoms with E-state index < -0.39 is 0 Å². The molecule has 0 radical (unpaired) electrons. The summed E-state index contributed by atoms with van der Waals surface area (Å²) < 4.78 is 7.03. The molecule has 0 spiro atoms. The molecule has 1 N–H and O–H groups in total. The molecule has 0 aliphatic carbocycles. The minimum atomic E-state index is 0.0826. The summed E-state index contributed by atoms with van der Waals surface area (Å²) in [6.45, 7) is 7.36. The second kappa shape index (κ2) is 6.58. The summed E-state index contributed by atoms with van der Waals surface area (Å²) in [5, 5.41) is 11.9. The SMILES string of the molecule is CCCNC(c1cnns1)c1c(Br)cnn1C(C)C. The summed E-state index contributed by atoms with van der Waals surface area (Å²) in [4.78, 5) is 1.11. The molecule has 0 saturated heterocycles. The number of aromatic nitrogens is 4. The fourth-order valence-electron chi connectivity index (χ4n) is 1.96. The van der Waals surface area contributed by atoms with Crippen molar-refractivity contribution in [3.05, 3.63) is 27.4 Å². The highest BCUT2D eigenvalue weighted by Crippen LogP contribution is 2.31. The van der Waals surface area contributed by atoms with Crippen molar-refractivity contribution >= 4 is 27.5 Å². The zero-order valence-electron chi connectivity index (χ0n) is 11.3. The molecule has 104 valence electrons. The highest BCUT2D eigenvalue weighted by molar-refractivity contribution is 9.10. The predicted octanol–water partition coefficient (Wildman–Crippen LogP) is 3.17. The Hall–Kier alpha value is -0.790. The molecule has 0 fully saturated rings. The lowest BCUT2D eigenvalue weighted by Gasteiger charge is -2.20. The van der Waals surface area contributed by atoms with Gasteiger partial charge in [0.05, 0.1) is 33.5 Å². The van der Waals surface area contributed by atoms with Crippen molar-refractivity contribution in [3.8, 4) is 0 Å². The van der Waals surface area contributed by atoms with Crippen LogP contribution in [-0.2, 0) is 0 Å². The number of halogens is 1. The Morgan fingerprint density at radius 2 is 2.21 bits per heavy atom. The lowest BCUT2D eigenvalue weighted by molar-refractivity contribution is 0.473. The van der Waals surface area contributed by atoms with Gasteiger partial charge >= 0.3 is 0 Å². The van der Waals surface area contributed by atoms with Crippen LogP contribution in [-0.4, -0.2) is 25.9 Å². The Morgan fingerprint density at radius 3 is 2.79 bits per heavy atom. The molecule has 1 atom stereocenters. The molecule has 0 saturated carbocycles. The van der Waals surface area contributed by atoms with Crippen LogP contribution in [0.5, 0.6) is 0 Å². The van der Waals surface area contributed by atoms with E-state index in [0.717, 1.165) is 28.0 Å². The maximum atomic E-state index is 4.45. The van der Waals surface area contributed by atoms with Gasteiger partial charge in [-0.1, -0.05) is 11.4 Å². The Morgan fingerprint density at radius 1 is 1.42 bits per heavy atom. The number of hydrogen-bond acceptors (Lipinski definition) is 5. The second-order valence-electron chi connectivity index (χ2n) is 4.62. The van der Waals surface area contributed by atoms with Gasteiger partial charge in [0.15, 0.2) is 0 Å².